The lowest BCUT2D eigenvalue weighted by molar-refractivity contribution is 0.224. The van der Waals surface area contributed by atoms with Crippen LogP contribution < -0.4 is 5.32 Å². The molecule has 2 aliphatic heterocycles. The Morgan fingerprint density at radius 2 is 2.47 bits per heavy atom. The molecule has 15 heavy (non-hydrogen) atoms. The minimum Gasteiger partial charge on any atom is -0.368 e. The van der Waals surface area contributed by atoms with Crippen molar-refractivity contribution in [2.75, 3.05) is 26.2 Å². The molecule has 0 aromatic heterocycles. The molecule has 0 radical (unpaired) electrons. The SMILES string of the molecule is C=CCN1C=CC=C(N2CCNC2=O)C1. The average molecular weight is 205 g/mol. The van der Waals surface area contributed by atoms with E-state index in [-0.39, 0.29) is 6.03 Å². The van der Waals surface area contributed by atoms with E-state index in [1.165, 1.54) is 0 Å². The quantitative estimate of drug-likeness (QED) is 0.695. The lowest BCUT2D eigenvalue weighted by atomic mass is 10.2. The van der Waals surface area contributed by atoms with E-state index in [9.17, 15) is 4.79 Å². The van der Waals surface area contributed by atoms with Gasteiger partial charge in [-0.05, 0) is 18.4 Å². The smallest absolute Gasteiger partial charge is 0.321 e. The van der Waals surface area contributed by atoms with Crippen LogP contribution in [0.1, 0.15) is 0 Å². The molecule has 4 nitrogen and oxygen atoms in total. The predicted molar refractivity (Wildman–Crippen MR) is 59.1 cm³/mol. The minimum absolute atomic E-state index is 0.00935. The van der Waals surface area contributed by atoms with Crippen LogP contribution in [0.15, 0.2) is 36.7 Å². The summed E-state index contributed by atoms with van der Waals surface area (Å²) < 4.78 is 0. The first-order valence-electron chi connectivity index (χ1n) is 5.09. The summed E-state index contributed by atoms with van der Waals surface area (Å²) in [5.74, 6) is 0. The number of allylic oxidation sites excluding steroid dienone is 2. The fraction of sp³-hybridized carbons (Fsp3) is 0.364. The fourth-order valence-electron chi connectivity index (χ4n) is 1.80. The fourth-order valence-corrected chi connectivity index (χ4v) is 1.80. The largest absolute Gasteiger partial charge is 0.368 e. The molecular weight excluding hydrogens is 190 g/mol. The Kier molecular flexibility index (Phi) is 2.76. The molecule has 0 bridgehead atoms. The highest BCUT2D eigenvalue weighted by Gasteiger charge is 2.24. The van der Waals surface area contributed by atoms with Crippen LogP contribution in [-0.2, 0) is 0 Å². The number of nitrogens with zero attached hydrogens (tertiary/aromatic N) is 2. The van der Waals surface area contributed by atoms with Crippen LogP contribution in [0, 0.1) is 0 Å². The summed E-state index contributed by atoms with van der Waals surface area (Å²) in [5.41, 5.74) is 1.05. The molecule has 2 aliphatic rings. The van der Waals surface area contributed by atoms with Gasteiger partial charge in [-0.25, -0.2) is 4.79 Å². The Morgan fingerprint density at radius 1 is 1.60 bits per heavy atom. The van der Waals surface area contributed by atoms with Gasteiger partial charge in [0.2, 0.25) is 0 Å². The summed E-state index contributed by atoms with van der Waals surface area (Å²) in [6.45, 7) is 6.79. The molecule has 0 spiro atoms. The van der Waals surface area contributed by atoms with Crippen molar-refractivity contribution in [1.82, 2.24) is 15.1 Å². The van der Waals surface area contributed by atoms with Crippen LogP contribution in [-0.4, -0.2) is 42.0 Å². The number of urea groups is 1. The van der Waals surface area contributed by atoms with Gasteiger partial charge in [-0.1, -0.05) is 6.08 Å². The van der Waals surface area contributed by atoms with Crippen molar-refractivity contribution in [2.45, 2.75) is 0 Å². The lowest BCUT2D eigenvalue weighted by Gasteiger charge is -2.27. The number of hydrogen-bond acceptors (Lipinski definition) is 2. The van der Waals surface area contributed by atoms with E-state index < -0.39 is 0 Å². The van der Waals surface area contributed by atoms with Crippen LogP contribution in [0.4, 0.5) is 4.79 Å². The highest BCUT2D eigenvalue weighted by atomic mass is 16.2. The Hall–Kier alpha value is -1.71. The predicted octanol–water partition coefficient (Wildman–Crippen LogP) is 0.911. The number of hydrogen-bond donors (Lipinski definition) is 1. The molecule has 0 atom stereocenters. The van der Waals surface area contributed by atoms with Gasteiger partial charge < -0.3 is 10.2 Å². The van der Waals surface area contributed by atoms with Crippen molar-refractivity contribution in [3.05, 3.63) is 36.7 Å². The molecule has 1 saturated heterocycles. The number of amides is 2. The molecule has 1 fully saturated rings. The maximum absolute atomic E-state index is 11.4. The summed E-state index contributed by atoms with van der Waals surface area (Å²) >= 11 is 0. The zero-order chi connectivity index (χ0) is 10.7. The van der Waals surface area contributed by atoms with Gasteiger partial charge >= 0.3 is 6.03 Å². The molecule has 4 heteroatoms. The summed E-state index contributed by atoms with van der Waals surface area (Å²) in [4.78, 5) is 15.4. The summed E-state index contributed by atoms with van der Waals surface area (Å²) in [5, 5.41) is 2.80. The van der Waals surface area contributed by atoms with E-state index in [4.69, 9.17) is 0 Å². The van der Waals surface area contributed by atoms with Crippen molar-refractivity contribution in [1.29, 1.82) is 0 Å². The van der Waals surface area contributed by atoms with Gasteiger partial charge in [-0.2, -0.15) is 0 Å². The van der Waals surface area contributed by atoms with Gasteiger partial charge in [-0.15, -0.1) is 6.58 Å². The highest BCUT2D eigenvalue weighted by Crippen LogP contribution is 2.14. The molecule has 2 amide bonds. The van der Waals surface area contributed by atoms with Crippen LogP contribution >= 0.6 is 0 Å². The molecule has 0 aromatic carbocycles. The van der Waals surface area contributed by atoms with E-state index >= 15 is 0 Å². The molecule has 2 rings (SSSR count). The zero-order valence-corrected chi connectivity index (χ0v) is 8.65. The Labute approximate surface area is 89.5 Å². The van der Waals surface area contributed by atoms with Crippen LogP contribution in [0.3, 0.4) is 0 Å². The van der Waals surface area contributed by atoms with Gasteiger partial charge in [0.1, 0.15) is 0 Å². The second-order valence-corrected chi connectivity index (χ2v) is 3.60. The van der Waals surface area contributed by atoms with Gasteiger partial charge in [-0.3, -0.25) is 4.90 Å². The van der Waals surface area contributed by atoms with Gasteiger partial charge in [0.05, 0.1) is 6.54 Å². The first-order chi connectivity index (χ1) is 7.31. The van der Waals surface area contributed by atoms with Crippen molar-refractivity contribution in [2.24, 2.45) is 0 Å². The lowest BCUT2D eigenvalue weighted by Crippen LogP contribution is -2.34. The Morgan fingerprint density at radius 3 is 3.13 bits per heavy atom. The summed E-state index contributed by atoms with van der Waals surface area (Å²) in [6.07, 6.45) is 7.83. The monoisotopic (exact) mass is 205 g/mol. The molecule has 1 N–H and O–H groups in total. The average Bonchev–Trinajstić information content (AvgIpc) is 2.65. The van der Waals surface area contributed by atoms with Crippen LogP contribution in [0.5, 0.6) is 0 Å². The first kappa shape index (κ1) is 9.83. The Balaban J connectivity index is 2.04. The van der Waals surface area contributed by atoms with Gasteiger partial charge in [0.15, 0.2) is 0 Å². The van der Waals surface area contributed by atoms with Crippen molar-refractivity contribution < 1.29 is 4.79 Å². The van der Waals surface area contributed by atoms with Crippen molar-refractivity contribution >= 4 is 6.03 Å². The Bertz CT molecular complexity index is 333. The molecule has 2 heterocycles. The van der Waals surface area contributed by atoms with Crippen LogP contribution in [0.2, 0.25) is 0 Å². The molecule has 0 unspecified atom stereocenters. The third-order valence-corrected chi connectivity index (χ3v) is 2.52. The summed E-state index contributed by atoms with van der Waals surface area (Å²) in [7, 11) is 0. The van der Waals surface area contributed by atoms with E-state index in [2.05, 4.69) is 16.8 Å². The zero-order valence-electron chi connectivity index (χ0n) is 8.65. The maximum Gasteiger partial charge on any atom is 0.321 e. The third kappa shape index (κ3) is 2.03. The number of rotatable bonds is 3. The molecular formula is C11H15N3O. The molecule has 80 valence electrons. The second kappa shape index (κ2) is 4.21. The van der Waals surface area contributed by atoms with E-state index in [0.29, 0.717) is 0 Å². The molecule has 0 aromatic rings. The normalized spacial score (nSPS) is 20.3. The minimum atomic E-state index is 0.00935. The highest BCUT2D eigenvalue weighted by molar-refractivity contribution is 5.78. The van der Waals surface area contributed by atoms with E-state index in [1.807, 2.05) is 24.4 Å². The van der Waals surface area contributed by atoms with Gasteiger partial charge in [0, 0.05) is 25.3 Å². The first-order valence-corrected chi connectivity index (χ1v) is 5.09. The van der Waals surface area contributed by atoms with E-state index in [1.54, 1.807) is 4.90 Å². The number of carbonyl (C=O) groups is 1. The number of carbonyl (C=O) groups excluding carboxylic acids is 1. The standard InChI is InChI=1S/C11H15N3O/c1-2-6-13-7-3-4-10(9-13)14-8-5-12-11(14)15/h2-4,7H,1,5-6,8-9H2,(H,12,15). The van der Waals surface area contributed by atoms with Crippen molar-refractivity contribution in [3.63, 3.8) is 0 Å². The third-order valence-electron chi connectivity index (χ3n) is 2.52. The topological polar surface area (TPSA) is 35.6 Å². The maximum atomic E-state index is 11.4. The second-order valence-electron chi connectivity index (χ2n) is 3.60. The van der Waals surface area contributed by atoms with Gasteiger partial charge in [0.25, 0.3) is 0 Å². The molecule has 0 aliphatic carbocycles. The molecule has 0 saturated carbocycles. The van der Waals surface area contributed by atoms with Crippen molar-refractivity contribution in [3.8, 4) is 0 Å². The summed E-state index contributed by atoms with van der Waals surface area (Å²) in [6, 6.07) is 0.00935. The number of nitrogens with one attached hydrogen (secondary N) is 1. The van der Waals surface area contributed by atoms with E-state index in [0.717, 1.165) is 31.9 Å². The van der Waals surface area contributed by atoms with Crippen LogP contribution in [0.25, 0.3) is 0 Å².